The first kappa shape index (κ1) is 16.8. The zero-order valence-corrected chi connectivity index (χ0v) is 14.4. The lowest BCUT2D eigenvalue weighted by Crippen LogP contribution is -2.43. The van der Waals surface area contributed by atoms with E-state index in [1.165, 1.54) is 32.1 Å². The molecule has 2 N–H and O–H groups in total. The van der Waals surface area contributed by atoms with E-state index in [-0.39, 0.29) is 5.91 Å². The lowest BCUT2D eigenvalue weighted by molar-refractivity contribution is -0.123. The first-order chi connectivity index (χ1) is 9.78. The van der Waals surface area contributed by atoms with Gasteiger partial charge in [0, 0.05) is 13.0 Å². The highest BCUT2D eigenvalue weighted by molar-refractivity contribution is 5.76. The van der Waals surface area contributed by atoms with E-state index in [9.17, 15) is 4.79 Å². The molecule has 2 atom stereocenters. The summed E-state index contributed by atoms with van der Waals surface area (Å²) in [6, 6.07) is 0. The summed E-state index contributed by atoms with van der Waals surface area (Å²) < 4.78 is 0. The van der Waals surface area contributed by atoms with E-state index in [0.29, 0.717) is 16.7 Å². The van der Waals surface area contributed by atoms with Crippen molar-refractivity contribution in [1.82, 2.24) is 10.6 Å². The minimum absolute atomic E-state index is 0.268. The van der Waals surface area contributed by atoms with Crippen molar-refractivity contribution in [2.45, 2.75) is 66.2 Å². The van der Waals surface area contributed by atoms with Crippen LogP contribution < -0.4 is 10.6 Å². The molecule has 0 bridgehead atoms. The Kier molecular flexibility index (Phi) is 5.34. The van der Waals surface area contributed by atoms with Crippen molar-refractivity contribution in [3.8, 4) is 0 Å². The van der Waals surface area contributed by atoms with Gasteiger partial charge in [-0.2, -0.15) is 0 Å². The lowest BCUT2D eigenvalue weighted by atomic mass is 9.67. The van der Waals surface area contributed by atoms with Crippen molar-refractivity contribution in [2.75, 3.05) is 19.6 Å². The fourth-order valence-corrected chi connectivity index (χ4v) is 4.55. The zero-order chi connectivity index (χ0) is 15.5. The molecule has 1 heterocycles. The van der Waals surface area contributed by atoms with Gasteiger partial charge in [-0.25, -0.2) is 0 Å². The van der Waals surface area contributed by atoms with Crippen LogP contribution in [0.15, 0.2) is 0 Å². The van der Waals surface area contributed by atoms with Crippen molar-refractivity contribution in [3.05, 3.63) is 0 Å². The predicted octanol–water partition coefficient (Wildman–Crippen LogP) is 3.34. The third-order valence-corrected chi connectivity index (χ3v) is 5.48. The maximum absolute atomic E-state index is 12.3. The average Bonchev–Trinajstić information content (AvgIpc) is 2.35. The molecule has 1 amide bonds. The van der Waals surface area contributed by atoms with Gasteiger partial charge in [-0.15, -0.1) is 0 Å². The van der Waals surface area contributed by atoms with Gasteiger partial charge in [-0.05, 0) is 67.9 Å². The molecule has 3 heteroatoms. The normalized spacial score (nSPS) is 31.6. The molecule has 0 spiro atoms. The van der Waals surface area contributed by atoms with Gasteiger partial charge in [-0.3, -0.25) is 4.79 Å². The summed E-state index contributed by atoms with van der Waals surface area (Å²) >= 11 is 0. The first-order valence-corrected chi connectivity index (χ1v) is 8.75. The third kappa shape index (κ3) is 5.28. The summed E-state index contributed by atoms with van der Waals surface area (Å²) in [5.41, 5.74) is 0.698. The maximum Gasteiger partial charge on any atom is 0.220 e. The molecule has 0 aromatic rings. The van der Waals surface area contributed by atoms with Crippen LogP contribution in [0, 0.1) is 22.7 Å². The summed E-state index contributed by atoms with van der Waals surface area (Å²) in [7, 11) is 0. The Hall–Kier alpha value is -0.570. The monoisotopic (exact) mass is 294 g/mol. The Labute approximate surface area is 130 Å². The first-order valence-electron chi connectivity index (χ1n) is 8.75. The van der Waals surface area contributed by atoms with Crippen LogP contribution in [-0.4, -0.2) is 25.5 Å². The van der Waals surface area contributed by atoms with Crippen LogP contribution in [0.1, 0.15) is 66.2 Å². The highest BCUT2D eigenvalue weighted by Crippen LogP contribution is 2.42. The summed E-state index contributed by atoms with van der Waals surface area (Å²) in [4.78, 5) is 12.3. The van der Waals surface area contributed by atoms with Crippen molar-refractivity contribution >= 4 is 5.91 Å². The molecule has 21 heavy (non-hydrogen) atoms. The number of carbonyl (C=O) groups excluding carboxylic acids is 1. The minimum Gasteiger partial charge on any atom is -0.356 e. The fourth-order valence-electron chi connectivity index (χ4n) is 4.55. The van der Waals surface area contributed by atoms with Crippen molar-refractivity contribution in [2.24, 2.45) is 22.7 Å². The van der Waals surface area contributed by atoms with Crippen LogP contribution in [0.3, 0.4) is 0 Å². The highest BCUT2D eigenvalue weighted by atomic mass is 16.1. The molecule has 2 aliphatic rings. The van der Waals surface area contributed by atoms with E-state index >= 15 is 0 Å². The standard InChI is InChI=1S/C18H34N2O/c1-14-9-15(12-17(2,3)11-14)10-16(21)20-13-18(4)5-7-19-8-6-18/h14-15,19H,5-13H2,1-4H3,(H,20,21). The highest BCUT2D eigenvalue weighted by Gasteiger charge is 2.33. The van der Waals surface area contributed by atoms with Crippen LogP contribution in [0.2, 0.25) is 0 Å². The van der Waals surface area contributed by atoms with Crippen LogP contribution in [0.25, 0.3) is 0 Å². The molecule has 3 nitrogen and oxygen atoms in total. The van der Waals surface area contributed by atoms with Crippen molar-refractivity contribution in [3.63, 3.8) is 0 Å². The van der Waals surface area contributed by atoms with Gasteiger partial charge >= 0.3 is 0 Å². The lowest BCUT2D eigenvalue weighted by Gasteiger charge is -2.39. The van der Waals surface area contributed by atoms with E-state index in [1.54, 1.807) is 0 Å². The average molecular weight is 294 g/mol. The smallest absolute Gasteiger partial charge is 0.220 e. The van der Waals surface area contributed by atoms with E-state index in [0.717, 1.165) is 32.0 Å². The number of hydrogen-bond acceptors (Lipinski definition) is 2. The Morgan fingerprint density at radius 3 is 2.48 bits per heavy atom. The van der Waals surface area contributed by atoms with Gasteiger partial charge in [0.1, 0.15) is 0 Å². The van der Waals surface area contributed by atoms with Crippen molar-refractivity contribution in [1.29, 1.82) is 0 Å². The van der Waals surface area contributed by atoms with Crippen LogP contribution >= 0.6 is 0 Å². The molecular weight excluding hydrogens is 260 g/mol. The number of carbonyl (C=O) groups is 1. The Morgan fingerprint density at radius 2 is 1.86 bits per heavy atom. The molecule has 122 valence electrons. The molecule has 1 saturated carbocycles. The second kappa shape index (κ2) is 6.68. The molecule has 2 rings (SSSR count). The Morgan fingerprint density at radius 1 is 1.19 bits per heavy atom. The summed E-state index contributed by atoms with van der Waals surface area (Å²) in [6.07, 6.45) is 6.78. The molecule has 1 aliphatic heterocycles. The quantitative estimate of drug-likeness (QED) is 0.835. The van der Waals surface area contributed by atoms with E-state index in [2.05, 4.69) is 38.3 Å². The number of amides is 1. The Bertz CT molecular complexity index is 358. The van der Waals surface area contributed by atoms with Gasteiger partial charge in [0.05, 0.1) is 0 Å². The van der Waals surface area contributed by atoms with E-state index in [4.69, 9.17) is 0 Å². The summed E-state index contributed by atoms with van der Waals surface area (Å²) in [6.45, 7) is 12.4. The third-order valence-electron chi connectivity index (χ3n) is 5.48. The van der Waals surface area contributed by atoms with E-state index < -0.39 is 0 Å². The topological polar surface area (TPSA) is 41.1 Å². The van der Waals surface area contributed by atoms with Crippen molar-refractivity contribution < 1.29 is 4.79 Å². The number of hydrogen-bond donors (Lipinski definition) is 2. The van der Waals surface area contributed by atoms with Gasteiger partial charge in [0.25, 0.3) is 0 Å². The van der Waals surface area contributed by atoms with Gasteiger partial charge < -0.3 is 10.6 Å². The van der Waals surface area contributed by atoms with Crippen LogP contribution in [0.5, 0.6) is 0 Å². The molecule has 2 unspecified atom stereocenters. The second-order valence-corrected chi connectivity index (χ2v) is 8.82. The van der Waals surface area contributed by atoms with Crippen LogP contribution in [-0.2, 0) is 4.79 Å². The summed E-state index contributed by atoms with van der Waals surface area (Å²) in [5.74, 6) is 1.60. The Balaban J connectivity index is 1.76. The van der Waals surface area contributed by atoms with Gasteiger partial charge in [-0.1, -0.05) is 27.7 Å². The molecule has 0 aromatic heterocycles. The van der Waals surface area contributed by atoms with Gasteiger partial charge in [0.2, 0.25) is 5.91 Å². The fraction of sp³-hybridized carbons (Fsp3) is 0.944. The molecule has 1 saturated heterocycles. The second-order valence-electron chi connectivity index (χ2n) is 8.82. The predicted molar refractivity (Wildman–Crippen MR) is 88.1 cm³/mol. The SMILES string of the molecule is CC1CC(CC(=O)NCC2(C)CCNCC2)CC(C)(C)C1. The number of rotatable bonds is 4. The minimum atomic E-state index is 0.268. The van der Waals surface area contributed by atoms with E-state index in [1.807, 2.05) is 0 Å². The molecule has 0 aromatic carbocycles. The summed E-state index contributed by atoms with van der Waals surface area (Å²) in [5, 5.41) is 6.61. The largest absolute Gasteiger partial charge is 0.356 e. The molecular formula is C18H34N2O. The molecule has 0 radical (unpaired) electrons. The maximum atomic E-state index is 12.3. The molecule has 2 fully saturated rings. The zero-order valence-electron chi connectivity index (χ0n) is 14.4. The number of piperidine rings is 1. The van der Waals surface area contributed by atoms with Gasteiger partial charge in [0.15, 0.2) is 0 Å². The van der Waals surface area contributed by atoms with Crippen LogP contribution in [0.4, 0.5) is 0 Å². The number of nitrogens with one attached hydrogen (secondary N) is 2. The molecule has 1 aliphatic carbocycles.